The smallest absolute Gasteiger partial charge is 0.269 e. The first-order valence-electron chi connectivity index (χ1n) is 6.23. The molecule has 20 heavy (non-hydrogen) atoms. The third-order valence-corrected chi connectivity index (χ3v) is 4.26. The predicted molar refractivity (Wildman–Crippen MR) is 75.7 cm³/mol. The lowest BCUT2D eigenvalue weighted by Crippen LogP contribution is -2.40. The maximum Gasteiger partial charge on any atom is 0.269 e. The summed E-state index contributed by atoms with van der Waals surface area (Å²) in [5.74, 6) is 0.308. The summed E-state index contributed by atoms with van der Waals surface area (Å²) in [6.45, 7) is 4.15. The van der Waals surface area contributed by atoms with Crippen LogP contribution in [0.4, 0.5) is 5.69 Å². The van der Waals surface area contributed by atoms with Gasteiger partial charge in [-0.3, -0.25) is 10.1 Å². The summed E-state index contributed by atoms with van der Waals surface area (Å²) in [5, 5.41) is 10.5. The van der Waals surface area contributed by atoms with Crippen molar-refractivity contribution in [1.82, 2.24) is 4.72 Å². The zero-order valence-electron chi connectivity index (χ0n) is 11.4. The first-order valence-corrected chi connectivity index (χ1v) is 7.71. The van der Waals surface area contributed by atoms with Gasteiger partial charge in [-0.25, -0.2) is 13.1 Å². The van der Waals surface area contributed by atoms with Gasteiger partial charge in [-0.2, -0.15) is 0 Å². The van der Waals surface area contributed by atoms with Crippen molar-refractivity contribution in [2.75, 3.05) is 6.54 Å². The largest absolute Gasteiger partial charge is 0.329 e. The van der Waals surface area contributed by atoms with Gasteiger partial charge >= 0.3 is 0 Å². The molecule has 1 aromatic rings. The fraction of sp³-hybridized carbons (Fsp3) is 0.500. The lowest BCUT2D eigenvalue weighted by Gasteiger charge is -2.18. The van der Waals surface area contributed by atoms with Crippen LogP contribution in [0.5, 0.6) is 0 Å². The van der Waals surface area contributed by atoms with E-state index in [0.29, 0.717) is 12.3 Å². The number of hydrogen-bond donors (Lipinski definition) is 2. The molecule has 1 atom stereocenters. The van der Waals surface area contributed by atoms with E-state index in [1.54, 1.807) is 0 Å². The standard InChI is InChI=1S/C12H19N3O4S/c1-9(2)7-10(8-13)14-20(18,19)12-5-3-11(4-6-12)15(16)17/h3-6,9-10,14H,7-8,13H2,1-2H3. The molecule has 1 rings (SSSR count). The minimum Gasteiger partial charge on any atom is -0.329 e. The average molecular weight is 301 g/mol. The molecule has 0 saturated carbocycles. The van der Waals surface area contributed by atoms with Gasteiger partial charge in [-0.1, -0.05) is 13.8 Å². The van der Waals surface area contributed by atoms with Gasteiger partial charge in [0.1, 0.15) is 0 Å². The fourth-order valence-corrected chi connectivity index (χ4v) is 3.06. The number of nitrogens with zero attached hydrogens (tertiary/aromatic N) is 1. The van der Waals surface area contributed by atoms with Crippen LogP contribution in [0.2, 0.25) is 0 Å². The lowest BCUT2D eigenvalue weighted by molar-refractivity contribution is -0.384. The van der Waals surface area contributed by atoms with Crippen LogP contribution in [0.25, 0.3) is 0 Å². The van der Waals surface area contributed by atoms with Crippen LogP contribution in [0.1, 0.15) is 20.3 Å². The van der Waals surface area contributed by atoms with E-state index in [2.05, 4.69) is 4.72 Å². The lowest BCUT2D eigenvalue weighted by atomic mass is 10.1. The van der Waals surface area contributed by atoms with E-state index in [1.165, 1.54) is 12.1 Å². The Labute approximate surface area is 118 Å². The van der Waals surface area contributed by atoms with Gasteiger partial charge in [0.15, 0.2) is 0 Å². The molecule has 0 fully saturated rings. The second-order valence-corrected chi connectivity index (χ2v) is 6.65. The van der Waals surface area contributed by atoms with Crippen molar-refractivity contribution in [3.05, 3.63) is 34.4 Å². The van der Waals surface area contributed by atoms with Crippen LogP contribution >= 0.6 is 0 Å². The summed E-state index contributed by atoms with van der Waals surface area (Å²) in [4.78, 5) is 9.94. The Morgan fingerprint density at radius 2 is 1.85 bits per heavy atom. The van der Waals surface area contributed by atoms with Gasteiger partial charge in [-0.05, 0) is 24.5 Å². The van der Waals surface area contributed by atoms with Crippen molar-refractivity contribution >= 4 is 15.7 Å². The summed E-state index contributed by atoms with van der Waals surface area (Å²) >= 11 is 0. The third kappa shape index (κ3) is 4.55. The van der Waals surface area contributed by atoms with Crippen LogP contribution in [-0.4, -0.2) is 25.9 Å². The van der Waals surface area contributed by atoms with Crippen LogP contribution in [0, 0.1) is 16.0 Å². The number of nitro benzene ring substituents is 1. The molecule has 0 aromatic heterocycles. The Balaban J connectivity index is 2.90. The summed E-state index contributed by atoms with van der Waals surface area (Å²) in [7, 11) is -3.71. The molecule has 0 bridgehead atoms. The highest BCUT2D eigenvalue weighted by Gasteiger charge is 2.20. The van der Waals surface area contributed by atoms with E-state index in [0.717, 1.165) is 12.1 Å². The molecule has 0 spiro atoms. The zero-order chi connectivity index (χ0) is 15.3. The van der Waals surface area contributed by atoms with E-state index in [1.807, 2.05) is 13.8 Å². The molecule has 1 unspecified atom stereocenters. The van der Waals surface area contributed by atoms with Crippen molar-refractivity contribution < 1.29 is 13.3 Å². The number of benzene rings is 1. The Kier molecular flexibility index (Phi) is 5.61. The van der Waals surface area contributed by atoms with Gasteiger partial charge in [0, 0.05) is 24.7 Å². The molecule has 112 valence electrons. The Hall–Kier alpha value is -1.51. The maximum absolute atomic E-state index is 12.1. The average Bonchev–Trinajstić information content (AvgIpc) is 2.37. The van der Waals surface area contributed by atoms with Crippen LogP contribution in [-0.2, 0) is 10.0 Å². The van der Waals surface area contributed by atoms with Gasteiger partial charge in [-0.15, -0.1) is 0 Å². The Morgan fingerprint density at radius 3 is 2.25 bits per heavy atom. The Morgan fingerprint density at radius 1 is 1.30 bits per heavy atom. The number of sulfonamides is 1. The second kappa shape index (κ2) is 6.78. The van der Waals surface area contributed by atoms with E-state index in [-0.39, 0.29) is 23.2 Å². The minimum atomic E-state index is -3.71. The molecule has 0 aliphatic heterocycles. The summed E-state index contributed by atoms with van der Waals surface area (Å²) in [6, 6.07) is 4.39. The zero-order valence-corrected chi connectivity index (χ0v) is 12.3. The molecule has 8 heteroatoms. The SMILES string of the molecule is CC(C)CC(CN)NS(=O)(=O)c1ccc([N+](=O)[O-])cc1. The van der Waals surface area contributed by atoms with Crippen molar-refractivity contribution in [2.24, 2.45) is 11.7 Å². The molecule has 1 aromatic carbocycles. The van der Waals surface area contributed by atoms with Gasteiger partial charge in [0.25, 0.3) is 5.69 Å². The number of hydrogen-bond acceptors (Lipinski definition) is 5. The van der Waals surface area contributed by atoms with Crippen LogP contribution in [0.3, 0.4) is 0 Å². The molecule has 3 N–H and O–H groups in total. The number of non-ortho nitro benzene ring substituents is 1. The molecule has 0 amide bonds. The monoisotopic (exact) mass is 301 g/mol. The summed E-state index contributed by atoms with van der Waals surface area (Å²) in [5.41, 5.74) is 5.40. The number of rotatable bonds is 7. The van der Waals surface area contributed by atoms with Gasteiger partial charge < -0.3 is 5.73 Å². The molecule has 0 aliphatic carbocycles. The minimum absolute atomic E-state index is 0.00898. The first kappa shape index (κ1) is 16.5. The van der Waals surface area contributed by atoms with Gasteiger partial charge in [0.2, 0.25) is 10.0 Å². The molecule has 0 aliphatic rings. The van der Waals surface area contributed by atoms with Crippen molar-refractivity contribution in [2.45, 2.75) is 31.2 Å². The third-order valence-electron chi connectivity index (χ3n) is 2.72. The van der Waals surface area contributed by atoms with Crippen molar-refractivity contribution in [1.29, 1.82) is 0 Å². The molecule has 0 heterocycles. The quantitative estimate of drug-likeness (QED) is 0.581. The molecule has 7 nitrogen and oxygen atoms in total. The summed E-state index contributed by atoms with van der Waals surface area (Å²) < 4.78 is 26.8. The molecular weight excluding hydrogens is 282 g/mol. The highest BCUT2D eigenvalue weighted by molar-refractivity contribution is 7.89. The van der Waals surface area contributed by atoms with Crippen LogP contribution < -0.4 is 10.5 Å². The molecule has 0 saturated heterocycles. The number of nitrogens with one attached hydrogen (secondary N) is 1. The number of nitro groups is 1. The van der Waals surface area contributed by atoms with E-state index in [4.69, 9.17) is 5.73 Å². The van der Waals surface area contributed by atoms with Crippen LogP contribution in [0.15, 0.2) is 29.2 Å². The summed E-state index contributed by atoms with van der Waals surface area (Å²) in [6.07, 6.45) is 0.628. The van der Waals surface area contributed by atoms with Gasteiger partial charge in [0.05, 0.1) is 9.82 Å². The maximum atomic E-state index is 12.1. The highest BCUT2D eigenvalue weighted by Crippen LogP contribution is 2.16. The van der Waals surface area contributed by atoms with Crippen molar-refractivity contribution in [3.8, 4) is 0 Å². The fourth-order valence-electron chi connectivity index (χ4n) is 1.80. The Bertz CT molecular complexity index is 555. The second-order valence-electron chi connectivity index (χ2n) is 4.93. The van der Waals surface area contributed by atoms with E-state index >= 15 is 0 Å². The predicted octanol–water partition coefficient (Wildman–Crippen LogP) is 1.25. The molecular formula is C12H19N3O4S. The van der Waals surface area contributed by atoms with E-state index < -0.39 is 14.9 Å². The topological polar surface area (TPSA) is 115 Å². The van der Waals surface area contributed by atoms with Crippen molar-refractivity contribution in [3.63, 3.8) is 0 Å². The normalized spacial score (nSPS) is 13.4. The molecule has 0 radical (unpaired) electrons. The number of nitrogens with two attached hydrogens (primary N) is 1. The van der Waals surface area contributed by atoms with E-state index in [9.17, 15) is 18.5 Å². The first-order chi connectivity index (χ1) is 9.26. The highest BCUT2D eigenvalue weighted by atomic mass is 32.2.